The number of ketones is 1. The van der Waals surface area contributed by atoms with Gasteiger partial charge in [0.15, 0.2) is 5.78 Å². The van der Waals surface area contributed by atoms with Crippen molar-refractivity contribution in [1.82, 2.24) is 0 Å². The van der Waals surface area contributed by atoms with Crippen molar-refractivity contribution in [2.24, 2.45) is 5.92 Å². The van der Waals surface area contributed by atoms with E-state index in [2.05, 4.69) is 26.8 Å². The van der Waals surface area contributed by atoms with Gasteiger partial charge in [0.25, 0.3) is 0 Å². The van der Waals surface area contributed by atoms with Gasteiger partial charge in [-0.1, -0.05) is 32.9 Å². The van der Waals surface area contributed by atoms with Gasteiger partial charge in [-0.05, 0) is 36.0 Å². The largest absolute Gasteiger partial charge is 0.486 e. The number of ether oxygens (including phenoxy) is 1. The van der Waals surface area contributed by atoms with Crippen LogP contribution >= 0.6 is 0 Å². The van der Waals surface area contributed by atoms with Crippen LogP contribution in [0.5, 0.6) is 5.75 Å². The van der Waals surface area contributed by atoms with E-state index >= 15 is 0 Å². The van der Waals surface area contributed by atoms with Crippen LogP contribution in [0.2, 0.25) is 0 Å². The van der Waals surface area contributed by atoms with Crippen LogP contribution in [-0.4, -0.2) is 12.4 Å². The summed E-state index contributed by atoms with van der Waals surface area (Å²) in [4.78, 5) is 11.5. The molecule has 92 valence electrons. The molecule has 0 heterocycles. The maximum atomic E-state index is 11.5. The molecule has 1 aromatic rings. The topological polar surface area (TPSA) is 26.3 Å². The fourth-order valence-electron chi connectivity index (χ4n) is 1.73. The van der Waals surface area contributed by atoms with E-state index in [9.17, 15) is 4.79 Å². The Hall–Kier alpha value is -1.31. The van der Waals surface area contributed by atoms with Gasteiger partial charge in [-0.2, -0.15) is 0 Å². The molecule has 1 aliphatic rings. The third-order valence-electron chi connectivity index (χ3n) is 3.11. The third kappa shape index (κ3) is 3.32. The van der Waals surface area contributed by atoms with Crippen LogP contribution in [0.25, 0.3) is 0 Å². The van der Waals surface area contributed by atoms with E-state index in [1.165, 1.54) is 5.56 Å². The van der Waals surface area contributed by atoms with Crippen LogP contribution < -0.4 is 4.74 Å². The van der Waals surface area contributed by atoms with Gasteiger partial charge < -0.3 is 4.74 Å². The molecule has 1 fully saturated rings. The zero-order valence-corrected chi connectivity index (χ0v) is 10.8. The average Bonchev–Trinajstić information content (AvgIpc) is 3.09. The van der Waals surface area contributed by atoms with E-state index < -0.39 is 0 Å². The van der Waals surface area contributed by atoms with Crippen LogP contribution in [-0.2, 0) is 10.2 Å². The first-order valence-corrected chi connectivity index (χ1v) is 6.23. The molecule has 1 aliphatic carbocycles. The first-order chi connectivity index (χ1) is 7.97. The lowest BCUT2D eigenvalue weighted by Gasteiger charge is -2.19. The normalized spacial score (nSPS) is 15.7. The summed E-state index contributed by atoms with van der Waals surface area (Å²) in [6.45, 7) is 6.72. The second-order valence-corrected chi connectivity index (χ2v) is 5.81. The summed E-state index contributed by atoms with van der Waals surface area (Å²) in [5.41, 5.74) is 1.34. The lowest BCUT2D eigenvalue weighted by Crippen LogP contribution is -2.14. The second-order valence-electron chi connectivity index (χ2n) is 5.81. The van der Waals surface area contributed by atoms with E-state index in [-0.39, 0.29) is 23.7 Å². The summed E-state index contributed by atoms with van der Waals surface area (Å²) in [5, 5.41) is 0. The van der Waals surface area contributed by atoms with Crippen molar-refractivity contribution in [3.8, 4) is 5.75 Å². The van der Waals surface area contributed by atoms with Crippen molar-refractivity contribution in [3.05, 3.63) is 29.8 Å². The maximum Gasteiger partial charge on any atom is 0.173 e. The van der Waals surface area contributed by atoms with Gasteiger partial charge >= 0.3 is 0 Å². The Bertz CT molecular complexity index is 411. The lowest BCUT2D eigenvalue weighted by molar-refractivity contribution is -0.122. The fourth-order valence-corrected chi connectivity index (χ4v) is 1.73. The zero-order valence-electron chi connectivity index (χ0n) is 10.8. The zero-order chi connectivity index (χ0) is 12.5. The molecule has 0 aliphatic heterocycles. The molecule has 0 spiro atoms. The molecule has 0 saturated heterocycles. The molecule has 0 radical (unpaired) electrons. The number of hydrogen-bond donors (Lipinski definition) is 0. The van der Waals surface area contributed by atoms with E-state index in [1.807, 2.05) is 18.2 Å². The van der Waals surface area contributed by atoms with Crippen molar-refractivity contribution in [3.63, 3.8) is 0 Å². The highest BCUT2D eigenvalue weighted by molar-refractivity contribution is 5.84. The first-order valence-electron chi connectivity index (χ1n) is 6.23. The smallest absolute Gasteiger partial charge is 0.173 e. The van der Waals surface area contributed by atoms with E-state index in [1.54, 1.807) is 0 Å². The molecule has 17 heavy (non-hydrogen) atoms. The van der Waals surface area contributed by atoms with Gasteiger partial charge in [0, 0.05) is 5.92 Å². The summed E-state index contributed by atoms with van der Waals surface area (Å²) in [7, 11) is 0. The predicted molar refractivity (Wildman–Crippen MR) is 68.4 cm³/mol. The minimum atomic E-state index is 0.111. The molecule has 0 aromatic heterocycles. The summed E-state index contributed by atoms with van der Waals surface area (Å²) in [6.07, 6.45) is 2.09. The van der Waals surface area contributed by atoms with Crippen LogP contribution in [0.15, 0.2) is 24.3 Å². The summed E-state index contributed by atoms with van der Waals surface area (Å²) >= 11 is 0. The molecule has 0 atom stereocenters. The summed E-state index contributed by atoms with van der Waals surface area (Å²) < 4.78 is 5.56. The molecule has 1 aromatic carbocycles. The van der Waals surface area contributed by atoms with Gasteiger partial charge in [0.2, 0.25) is 0 Å². The highest BCUT2D eigenvalue weighted by Crippen LogP contribution is 2.30. The number of hydrogen-bond acceptors (Lipinski definition) is 2. The van der Waals surface area contributed by atoms with E-state index in [0.717, 1.165) is 18.6 Å². The Morgan fingerprint density at radius 2 is 2.06 bits per heavy atom. The molecule has 0 unspecified atom stereocenters. The van der Waals surface area contributed by atoms with Crippen LogP contribution in [0.4, 0.5) is 0 Å². The van der Waals surface area contributed by atoms with E-state index in [4.69, 9.17) is 4.74 Å². The molecule has 0 amide bonds. The Morgan fingerprint density at radius 1 is 1.35 bits per heavy atom. The molecule has 2 heteroatoms. The highest BCUT2D eigenvalue weighted by atomic mass is 16.5. The van der Waals surface area contributed by atoms with Crippen molar-refractivity contribution >= 4 is 5.78 Å². The van der Waals surface area contributed by atoms with Crippen LogP contribution in [0.3, 0.4) is 0 Å². The van der Waals surface area contributed by atoms with E-state index in [0.29, 0.717) is 0 Å². The number of Topliss-reactive ketones (excluding diaryl/α,β-unsaturated/α-hetero) is 1. The minimum absolute atomic E-state index is 0.111. The quantitative estimate of drug-likeness (QED) is 0.795. The van der Waals surface area contributed by atoms with Gasteiger partial charge in [0.1, 0.15) is 12.4 Å². The summed E-state index contributed by atoms with van der Waals surface area (Å²) in [5.74, 6) is 1.32. The average molecular weight is 232 g/mol. The van der Waals surface area contributed by atoms with Gasteiger partial charge in [-0.3, -0.25) is 4.79 Å². The number of benzene rings is 1. The Balaban J connectivity index is 1.98. The Kier molecular flexibility index (Phi) is 3.23. The SMILES string of the molecule is CC(C)(C)c1cccc(OCC(=O)C2CC2)c1. The Labute approximate surface area is 103 Å². The first kappa shape index (κ1) is 12.2. The maximum absolute atomic E-state index is 11.5. The van der Waals surface area contributed by atoms with Gasteiger partial charge in [-0.25, -0.2) is 0 Å². The van der Waals surface area contributed by atoms with Crippen LogP contribution in [0, 0.1) is 5.92 Å². The monoisotopic (exact) mass is 232 g/mol. The van der Waals surface area contributed by atoms with Crippen molar-refractivity contribution in [2.45, 2.75) is 39.0 Å². The minimum Gasteiger partial charge on any atom is -0.486 e. The molecule has 0 N–H and O–H groups in total. The molecule has 2 nitrogen and oxygen atoms in total. The molecular formula is C15H20O2. The third-order valence-corrected chi connectivity index (χ3v) is 3.11. The molecule has 2 rings (SSSR count). The van der Waals surface area contributed by atoms with Gasteiger partial charge in [0.05, 0.1) is 0 Å². The fraction of sp³-hybridized carbons (Fsp3) is 0.533. The van der Waals surface area contributed by atoms with Gasteiger partial charge in [-0.15, -0.1) is 0 Å². The highest BCUT2D eigenvalue weighted by Gasteiger charge is 2.29. The van der Waals surface area contributed by atoms with Crippen molar-refractivity contribution in [2.75, 3.05) is 6.61 Å². The van der Waals surface area contributed by atoms with Crippen molar-refractivity contribution in [1.29, 1.82) is 0 Å². The van der Waals surface area contributed by atoms with Crippen molar-refractivity contribution < 1.29 is 9.53 Å². The Morgan fingerprint density at radius 3 is 2.65 bits per heavy atom. The molecular weight excluding hydrogens is 212 g/mol. The predicted octanol–water partition coefficient (Wildman–Crippen LogP) is 3.34. The molecule has 0 bridgehead atoms. The molecule has 1 saturated carbocycles. The van der Waals surface area contributed by atoms with Crippen LogP contribution in [0.1, 0.15) is 39.2 Å². The standard InChI is InChI=1S/C15H20O2/c1-15(2,3)12-5-4-6-13(9-12)17-10-14(16)11-7-8-11/h4-6,9,11H,7-8,10H2,1-3H3. The lowest BCUT2D eigenvalue weighted by atomic mass is 9.87. The number of carbonyl (C=O) groups excluding carboxylic acids is 1. The number of carbonyl (C=O) groups is 1. The number of rotatable bonds is 4. The summed E-state index contributed by atoms with van der Waals surface area (Å²) in [6, 6.07) is 8.02. The second kappa shape index (κ2) is 4.52.